The number of rotatable bonds is 4. The summed E-state index contributed by atoms with van der Waals surface area (Å²) in [6.45, 7) is 0. The number of benzene rings is 2. The molecule has 0 saturated carbocycles. The minimum absolute atomic E-state index is 0.0193. The summed E-state index contributed by atoms with van der Waals surface area (Å²) in [5.41, 5.74) is 1.40. The van der Waals surface area contributed by atoms with E-state index in [1.54, 1.807) is 43.5 Å². The maximum atomic E-state index is 12.3. The van der Waals surface area contributed by atoms with Gasteiger partial charge in [-0.05, 0) is 35.9 Å². The molecule has 2 rings (SSSR count). The SMILES string of the molecule is COc1ccc(Br)c(C(=O)Cc2ccc(Cl)c(Cl)c2)c1. The fourth-order valence-electron chi connectivity index (χ4n) is 1.78. The van der Waals surface area contributed by atoms with Crippen molar-refractivity contribution in [3.05, 3.63) is 62.0 Å². The molecule has 2 aromatic carbocycles. The first-order valence-corrected chi connectivity index (χ1v) is 7.37. The molecule has 0 aliphatic rings. The van der Waals surface area contributed by atoms with Crippen molar-refractivity contribution in [2.45, 2.75) is 6.42 Å². The lowest BCUT2D eigenvalue weighted by atomic mass is 10.0. The van der Waals surface area contributed by atoms with E-state index in [0.29, 0.717) is 21.4 Å². The molecule has 0 heterocycles. The number of Topliss-reactive ketones (excluding diaryl/α,β-unsaturated/α-hetero) is 1. The Morgan fingerprint density at radius 1 is 1.15 bits per heavy atom. The number of ketones is 1. The first-order valence-electron chi connectivity index (χ1n) is 5.82. The van der Waals surface area contributed by atoms with Crippen LogP contribution in [-0.2, 0) is 6.42 Å². The van der Waals surface area contributed by atoms with Gasteiger partial charge in [-0.2, -0.15) is 0 Å². The standard InChI is InChI=1S/C15H11BrCl2O2/c1-20-10-3-4-12(16)11(8-10)15(19)7-9-2-5-13(17)14(18)6-9/h2-6,8H,7H2,1H3. The van der Waals surface area contributed by atoms with Crippen molar-refractivity contribution in [3.63, 3.8) is 0 Å². The van der Waals surface area contributed by atoms with Crippen LogP contribution in [0.25, 0.3) is 0 Å². The highest BCUT2D eigenvalue weighted by molar-refractivity contribution is 9.10. The minimum atomic E-state index is -0.0193. The topological polar surface area (TPSA) is 26.3 Å². The van der Waals surface area contributed by atoms with E-state index >= 15 is 0 Å². The van der Waals surface area contributed by atoms with Gasteiger partial charge in [0, 0.05) is 16.5 Å². The van der Waals surface area contributed by atoms with E-state index < -0.39 is 0 Å². The zero-order valence-electron chi connectivity index (χ0n) is 10.6. The van der Waals surface area contributed by atoms with Gasteiger partial charge in [0.25, 0.3) is 0 Å². The smallest absolute Gasteiger partial charge is 0.168 e. The second kappa shape index (κ2) is 6.61. The molecule has 104 valence electrons. The number of halogens is 3. The molecule has 0 N–H and O–H groups in total. The number of carbonyl (C=O) groups is 1. The van der Waals surface area contributed by atoms with Crippen LogP contribution in [0.1, 0.15) is 15.9 Å². The highest BCUT2D eigenvalue weighted by atomic mass is 79.9. The van der Waals surface area contributed by atoms with Crippen LogP contribution in [0.3, 0.4) is 0 Å². The summed E-state index contributed by atoms with van der Waals surface area (Å²) in [7, 11) is 1.57. The lowest BCUT2D eigenvalue weighted by Crippen LogP contribution is -2.05. The van der Waals surface area contributed by atoms with Gasteiger partial charge in [-0.1, -0.05) is 45.2 Å². The Hall–Kier alpha value is -1.03. The molecule has 0 fully saturated rings. The molecule has 0 saturated heterocycles. The summed E-state index contributed by atoms with van der Waals surface area (Å²) in [4.78, 5) is 12.3. The van der Waals surface area contributed by atoms with E-state index in [2.05, 4.69) is 15.9 Å². The van der Waals surface area contributed by atoms with Crippen molar-refractivity contribution in [1.82, 2.24) is 0 Å². The van der Waals surface area contributed by atoms with E-state index in [0.717, 1.165) is 10.0 Å². The van der Waals surface area contributed by atoms with Crippen molar-refractivity contribution >= 4 is 44.9 Å². The maximum absolute atomic E-state index is 12.3. The normalized spacial score (nSPS) is 10.4. The summed E-state index contributed by atoms with van der Waals surface area (Å²) < 4.78 is 5.87. The first kappa shape index (κ1) is 15.4. The zero-order valence-corrected chi connectivity index (χ0v) is 13.7. The van der Waals surface area contributed by atoms with Crippen LogP contribution < -0.4 is 4.74 Å². The highest BCUT2D eigenvalue weighted by Gasteiger charge is 2.13. The van der Waals surface area contributed by atoms with Gasteiger partial charge in [0.1, 0.15) is 5.75 Å². The van der Waals surface area contributed by atoms with Crippen molar-refractivity contribution in [1.29, 1.82) is 0 Å². The van der Waals surface area contributed by atoms with Gasteiger partial charge in [0.2, 0.25) is 0 Å². The quantitative estimate of drug-likeness (QED) is 0.689. The summed E-state index contributed by atoms with van der Waals surface area (Å²) in [5, 5.41) is 0.923. The monoisotopic (exact) mass is 372 g/mol. The zero-order chi connectivity index (χ0) is 14.7. The van der Waals surface area contributed by atoms with Gasteiger partial charge in [0.15, 0.2) is 5.78 Å². The van der Waals surface area contributed by atoms with E-state index in [4.69, 9.17) is 27.9 Å². The third-order valence-electron chi connectivity index (χ3n) is 2.82. The molecule has 0 radical (unpaired) electrons. The summed E-state index contributed by atoms with van der Waals surface area (Å²) in [5.74, 6) is 0.625. The third-order valence-corrected chi connectivity index (χ3v) is 4.25. The number of carbonyl (C=O) groups excluding carboxylic acids is 1. The van der Waals surface area contributed by atoms with Gasteiger partial charge in [-0.25, -0.2) is 0 Å². The Balaban J connectivity index is 2.25. The van der Waals surface area contributed by atoms with Gasteiger partial charge in [-0.3, -0.25) is 4.79 Å². The molecule has 20 heavy (non-hydrogen) atoms. The molecule has 2 nitrogen and oxygen atoms in total. The van der Waals surface area contributed by atoms with Crippen molar-refractivity contribution < 1.29 is 9.53 Å². The van der Waals surface area contributed by atoms with Crippen LogP contribution in [0, 0.1) is 0 Å². The average molecular weight is 374 g/mol. The van der Waals surface area contributed by atoms with Gasteiger partial charge in [0.05, 0.1) is 17.2 Å². The summed E-state index contributed by atoms with van der Waals surface area (Å²) in [6, 6.07) is 10.5. The number of methoxy groups -OCH3 is 1. The van der Waals surface area contributed by atoms with Crippen LogP contribution in [0.2, 0.25) is 10.0 Å². The number of hydrogen-bond acceptors (Lipinski definition) is 2. The van der Waals surface area contributed by atoms with E-state index in [9.17, 15) is 4.79 Å². The van der Waals surface area contributed by atoms with Gasteiger partial charge >= 0.3 is 0 Å². The summed E-state index contributed by atoms with van der Waals surface area (Å²) in [6.07, 6.45) is 0.253. The van der Waals surface area contributed by atoms with Crippen LogP contribution in [0.15, 0.2) is 40.9 Å². The third kappa shape index (κ3) is 3.54. The lowest BCUT2D eigenvalue weighted by Gasteiger charge is -2.07. The van der Waals surface area contributed by atoms with Crippen LogP contribution in [-0.4, -0.2) is 12.9 Å². The second-order valence-corrected chi connectivity index (χ2v) is 5.86. The molecular formula is C15H11BrCl2O2. The van der Waals surface area contributed by atoms with Crippen LogP contribution in [0.4, 0.5) is 0 Å². The Labute approximate surface area is 135 Å². The molecule has 0 aliphatic carbocycles. The fourth-order valence-corrected chi connectivity index (χ4v) is 2.56. The Morgan fingerprint density at radius 2 is 1.90 bits per heavy atom. The van der Waals surface area contributed by atoms with E-state index in [1.165, 1.54) is 0 Å². The molecule has 0 atom stereocenters. The molecule has 0 amide bonds. The number of hydrogen-bond donors (Lipinski definition) is 0. The second-order valence-electron chi connectivity index (χ2n) is 4.19. The fraction of sp³-hybridized carbons (Fsp3) is 0.133. The molecule has 0 aromatic heterocycles. The predicted molar refractivity (Wildman–Crippen MR) is 85.2 cm³/mol. The van der Waals surface area contributed by atoms with Crippen molar-refractivity contribution in [3.8, 4) is 5.75 Å². The van der Waals surface area contributed by atoms with Gasteiger partial charge in [-0.15, -0.1) is 0 Å². The van der Waals surface area contributed by atoms with Crippen LogP contribution in [0.5, 0.6) is 5.75 Å². The molecule has 0 unspecified atom stereocenters. The molecule has 0 aliphatic heterocycles. The van der Waals surface area contributed by atoms with E-state index in [1.807, 2.05) is 0 Å². The molecule has 0 spiro atoms. The highest BCUT2D eigenvalue weighted by Crippen LogP contribution is 2.26. The Kier molecular flexibility index (Phi) is 5.08. The Bertz CT molecular complexity index is 656. The average Bonchev–Trinajstić information content (AvgIpc) is 2.43. The number of ether oxygens (including phenoxy) is 1. The Morgan fingerprint density at radius 3 is 2.55 bits per heavy atom. The molecule has 0 bridgehead atoms. The largest absolute Gasteiger partial charge is 0.497 e. The van der Waals surface area contributed by atoms with Crippen molar-refractivity contribution in [2.24, 2.45) is 0 Å². The lowest BCUT2D eigenvalue weighted by molar-refractivity contribution is 0.0992. The first-order chi connectivity index (χ1) is 9.51. The van der Waals surface area contributed by atoms with Crippen LogP contribution >= 0.6 is 39.1 Å². The molecular weight excluding hydrogens is 363 g/mol. The molecule has 2 aromatic rings. The maximum Gasteiger partial charge on any atom is 0.168 e. The minimum Gasteiger partial charge on any atom is -0.497 e. The molecule has 5 heteroatoms. The van der Waals surface area contributed by atoms with E-state index in [-0.39, 0.29) is 12.2 Å². The predicted octanol–water partition coefficient (Wildman–Crippen LogP) is 5.19. The van der Waals surface area contributed by atoms with Gasteiger partial charge < -0.3 is 4.74 Å². The van der Waals surface area contributed by atoms with Crippen molar-refractivity contribution in [2.75, 3.05) is 7.11 Å². The summed E-state index contributed by atoms with van der Waals surface area (Å²) >= 11 is 15.2.